The molecule has 3 aromatic rings. The highest BCUT2D eigenvalue weighted by molar-refractivity contribution is 7.22. The number of hydrogen-bond donors (Lipinski definition) is 0. The number of likely N-dealkylation sites (N-methyl/N-ethyl adjacent to an activating group) is 1. The van der Waals surface area contributed by atoms with Crippen molar-refractivity contribution in [1.82, 2.24) is 19.7 Å². The second-order valence-electron chi connectivity index (χ2n) is 6.65. The van der Waals surface area contributed by atoms with Crippen LogP contribution in [0.2, 0.25) is 0 Å². The second kappa shape index (κ2) is 9.36. The van der Waals surface area contributed by atoms with Gasteiger partial charge in [0.1, 0.15) is 5.75 Å². The van der Waals surface area contributed by atoms with Gasteiger partial charge in [0, 0.05) is 31.9 Å². The number of amides is 1. The Morgan fingerprint density at radius 3 is 2.64 bits per heavy atom. The molecule has 1 aromatic carbocycles. The molecule has 0 aliphatic rings. The van der Waals surface area contributed by atoms with Crippen LogP contribution in [0.15, 0.2) is 24.4 Å². The van der Waals surface area contributed by atoms with Crippen molar-refractivity contribution in [3.63, 3.8) is 0 Å². The fraction of sp³-hybridized carbons (Fsp3) is 0.421. The van der Waals surface area contributed by atoms with E-state index < -0.39 is 0 Å². The highest BCUT2D eigenvalue weighted by atomic mass is 35.5. The lowest BCUT2D eigenvalue weighted by molar-refractivity contribution is 0.0979. The molecule has 0 atom stereocenters. The second-order valence-corrected chi connectivity index (χ2v) is 7.66. The maximum atomic E-state index is 13.2. The van der Waals surface area contributed by atoms with E-state index in [1.807, 2.05) is 64.3 Å². The number of anilines is 1. The molecule has 0 saturated heterocycles. The minimum absolute atomic E-state index is 0. The molecule has 0 unspecified atom stereocenters. The number of carbonyl (C=O) groups excluding carboxylic acids is 1. The van der Waals surface area contributed by atoms with Gasteiger partial charge in [0.2, 0.25) is 0 Å². The first-order valence-electron chi connectivity index (χ1n) is 8.89. The summed E-state index contributed by atoms with van der Waals surface area (Å²) in [5.74, 6) is 0.686. The molecule has 0 bridgehead atoms. The number of rotatable bonds is 7. The third-order valence-corrected chi connectivity index (χ3v) is 5.16. The van der Waals surface area contributed by atoms with E-state index in [0.717, 1.165) is 28.1 Å². The van der Waals surface area contributed by atoms with Crippen LogP contribution in [0.4, 0.5) is 5.13 Å². The molecule has 2 aromatic heterocycles. The summed E-state index contributed by atoms with van der Waals surface area (Å²) in [4.78, 5) is 21.7. The van der Waals surface area contributed by atoms with Crippen LogP contribution in [-0.4, -0.2) is 59.4 Å². The molecule has 0 saturated carbocycles. The van der Waals surface area contributed by atoms with E-state index in [9.17, 15) is 4.79 Å². The van der Waals surface area contributed by atoms with E-state index in [0.29, 0.717) is 24.0 Å². The lowest BCUT2D eigenvalue weighted by Crippen LogP contribution is -2.37. The molecule has 2 heterocycles. The summed E-state index contributed by atoms with van der Waals surface area (Å²) < 4.78 is 8.24. The summed E-state index contributed by atoms with van der Waals surface area (Å²) in [6.07, 6.45) is 1.85. The average molecular weight is 424 g/mol. The third-order valence-electron chi connectivity index (χ3n) is 4.12. The lowest BCUT2D eigenvalue weighted by Gasteiger charge is -2.21. The maximum Gasteiger partial charge on any atom is 0.280 e. The van der Waals surface area contributed by atoms with Gasteiger partial charge in [-0.3, -0.25) is 14.4 Å². The molecule has 152 valence electrons. The smallest absolute Gasteiger partial charge is 0.280 e. The zero-order chi connectivity index (χ0) is 19.6. The maximum absolute atomic E-state index is 13.2. The van der Waals surface area contributed by atoms with Gasteiger partial charge in [-0.25, -0.2) is 4.98 Å². The van der Waals surface area contributed by atoms with Gasteiger partial charge in [0.05, 0.1) is 16.8 Å². The highest BCUT2D eigenvalue weighted by Gasteiger charge is 2.25. The highest BCUT2D eigenvalue weighted by Crippen LogP contribution is 2.32. The third kappa shape index (κ3) is 4.81. The first kappa shape index (κ1) is 22.1. The van der Waals surface area contributed by atoms with Crippen molar-refractivity contribution < 1.29 is 9.53 Å². The first-order valence-corrected chi connectivity index (χ1v) is 9.71. The molecule has 0 aliphatic heterocycles. The summed E-state index contributed by atoms with van der Waals surface area (Å²) in [6, 6.07) is 5.81. The molecular weight excluding hydrogens is 398 g/mol. The Labute approximate surface area is 175 Å². The molecule has 7 nitrogen and oxygen atoms in total. The van der Waals surface area contributed by atoms with Gasteiger partial charge in [0.25, 0.3) is 5.91 Å². The molecule has 0 radical (unpaired) electrons. The minimum Gasteiger partial charge on any atom is -0.494 e. The van der Waals surface area contributed by atoms with Gasteiger partial charge < -0.3 is 9.64 Å². The van der Waals surface area contributed by atoms with Crippen LogP contribution in [0.3, 0.4) is 0 Å². The number of ether oxygens (including phenoxy) is 1. The number of thiazole rings is 1. The molecule has 1 amide bonds. The Morgan fingerprint density at radius 2 is 2.04 bits per heavy atom. The fourth-order valence-electron chi connectivity index (χ4n) is 2.79. The zero-order valence-electron chi connectivity index (χ0n) is 16.8. The number of aromatic nitrogens is 3. The van der Waals surface area contributed by atoms with E-state index in [4.69, 9.17) is 9.72 Å². The monoisotopic (exact) mass is 423 g/mol. The molecule has 28 heavy (non-hydrogen) atoms. The zero-order valence-corrected chi connectivity index (χ0v) is 18.4. The molecule has 0 spiro atoms. The Morgan fingerprint density at radius 1 is 1.29 bits per heavy atom. The minimum atomic E-state index is -0.126. The van der Waals surface area contributed by atoms with Crippen LogP contribution in [0.1, 0.15) is 23.0 Å². The number of benzene rings is 1. The number of halogens is 1. The number of aryl methyl sites for hydroxylation is 2. The summed E-state index contributed by atoms with van der Waals surface area (Å²) in [5.41, 5.74) is 2.18. The topological polar surface area (TPSA) is 63.5 Å². The van der Waals surface area contributed by atoms with Crippen LogP contribution in [0, 0.1) is 6.92 Å². The van der Waals surface area contributed by atoms with Crippen molar-refractivity contribution in [2.75, 3.05) is 38.7 Å². The van der Waals surface area contributed by atoms with Gasteiger partial charge >= 0.3 is 0 Å². The number of nitrogens with zero attached hydrogens (tertiary/aromatic N) is 5. The predicted octanol–water partition coefficient (Wildman–Crippen LogP) is 3.37. The van der Waals surface area contributed by atoms with Crippen molar-refractivity contribution in [3.8, 4) is 5.75 Å². The van der Waals surface area contributed by atoms with Gasteiger partial charge in [0.15, 0.2) is 10.8 Å². The molecule has 9 heteroatoms. The largest absolute Gasteiger partial charge is 0.494 e. The van der Waals surface area contributed by atoms with Crippen LogP contribution in [-0.2, 0) is 7.05 Å². The molecule has 3 rings (SSSR count). The van der Waals surface area contributed by atoms with Crippen LogP contribution >= 0.6 is 23.7 Å². The lowest BCUT2D eigenvalue weighted by atomic mass is 10.2. The van der Waals surface area contributed by atoms with Crippen molar-refractivity contribution in [2.45, 2.75) is 13.8 Å². The Hall–Kier alpha value is -2.16. The molecule has 0 fully saturated rings. The van der Waals surface area contributed by atoms with Gasteiger partial charge in [-0.1, -0.05) is 11.3 Å². The van der Waals surface area contributed by atoms with Crippen LogP contribution in [0.5, 0.6) is 5.75 Å². The predicted molar refractivity (Wildman–Crippen MR) is 116 cm³/mol. The Kier molecular flexibility index (Phi) is 7.40. The van der Waals surface area contributed by atoms with E-state index in [-0.39, 0.29) is 18.3 Å². The van der Waals surface area contributed by atoms with Crippen molar-refractivity contribution in [2.24, 2.45) is 7.05 Å². The summed E-state index contributed by atoms with van der Waals surface area (Å²) in [5, 5.41) is 5.02. The molecule has 0 N–H and O–H groups in total. The fourth-order valence-corrected chi connectivity index (χ4v) is 3.81. The van der Waals surface area contributed by atoms with Crippen LogP contribution < -0.4 is 9.64 Å². The molecule has 0 aliphatic carbocycles. The summed E-state index contributed by atoms with van der Waals surface area (Å²) in [7, 11) is 5.80. The van der Waals surface area contributed by atoms with E-state index in [1.54, 1.807) is 9.58 Å². The average Bonchev–Trinajstić information content (AvgIpc) is 3.17. The Balaban J connectivity index is 0.00000280. The van der Waals surface area contributed by atoms with E-state index >= 15 is 0 Å². The summed E-state index contributed by atoms with van der Waals surface area (Å²) in [6.45, 7) is 5.75. The molecular formula is C19H26ClN5O2S. The van der Waals surface area contributed by atoms with Gasteiger partial charge in [-0.05, 0) is 46.1 Å². The number of hydrogen-bond acceptors (Lipinski definition) is 6. The van der Waals surface area contributed by atoms with Crippen molar-refractivity contribution in [1.29, 1.82) is 0 Å². The normalized spacial score (nSPS) is 10.9. The number of fused-ring (bicyclic) bond motifs is 1. The quantitative estimate of drug-likeness (QED) is 0.583. The summed E-state index contributed by atoms with van der Waals surface area (Å²) >= 11 is 1.49. The van der Waals surface area contributed by atoms with E-state index in [2.05, 4.69) is 5.10 Å². The SMILES string of the molecule is CCOc1ccc2nc(N(CCN(C)C)C(=O)c3nn(C)cc3C)sc2c1.Cl. The van der Waals surface area contributed by atoms with Gasteiger partial charge in [-0.2, -0.15) is 5.10 Å². The Bertz CT molecular complexity index is 953. The standard InChI is InChI=1S/C19H25N5O2S.ClH/c1-6-26-14-7-8-15-16(11-14)27-19(20-15)24(10-9-22(3)4)18(25)17-13(2)12-23(5)21-17;/h7-8,11-12H,6,9-10H2,1-5H3;1H. The van der Waals surface area contributed by atoms with Gasteiger partial charge in [-0.15, -0.1) is 12.4 Å². The van der Waals surface area contributed by atoms with E-state index in [1.165, 1.54) is 11.3 Å². The van der Waals surface area contributed by atoms with Crippen LogP contribution in [0.25, 0.3) is 10.2 Å². The van der Waals surface area contributed by atoms with Crippen molar-refractivity contribution >= 4 is 45.0 Å². The van der Waals surface area contributed by atoms with Crippen molar-refractivity contribution in [3.05, 3.63) is 35.7 Å². The number of carbonyl (C=O) groups is 1. The first-order chi connectivity index (χ1) is 12.9.